The minimum absolute atomic E-state index is 0.246. The molecule has 0 aliphatic heterocycles. The van der Waals surface area contributed by atoms with Crippen molar-refractivity contribution in [2.75, 3.05) is 27.2 Å². The number of hydrogen-bond acceptors (Lipinski definition) is 3. The zero-order valence-electron chi connectivity index (χ0n) is 11.0. The molecule has 0 saturated heterocycles. The van der Waals surface area contributed by atoms with Gasteiger partial charge in [-0.15, -0.1) is 0 Å². The molecule has 0 saturated carbocycles. The van der Waals surface area contributed by atoms with Crippen LogP contribution in [0.5, 0.6) is 0 Å². The van der Waals surface area contributed by atoms with Crippen LogP contribution in [0.3, 0.4) is 0 Å². The quantitative estimate of drug-likeness (QED) is 0.842. The predicted molar refractivity (Wildman–Crippen MR) is 75.0 cm³/mol. The predicted octanol–water partition coefficient (Wildman–Crippen LogP) is 1.99. The number of rotatable bonds is 6. The summed E-state index contributed by atoms with van der Waals surface area (Å²) in [6, 6.07) is 4.97. The van der Waals surface area contributed by atoms with Gasteiger partial charge in [0, 0.05) is 29.7 Å². The van der Waals surface area contributed by atoms with Crippen molar-refractivity contribution < 1.29 is 9.50 Å². The highest BCUT2D eigenvalue weighted by atomic mass is 79.9. The second kappa shape index (κ2) is 6.61. The molecule has 0 aromatic heterocycles. The van der Waals surface area contributed by atoms with Crippen molar-refractivity contribution >= 4 is 15.9 Å². The highest BCUT2D eigenvalue weighted by molar-refractivity contribution is 9.10. The lowest BCUT2D eigenvalue weighted by atomic mass is 10.1. The van der Waals surface area contributed by atoms with Crippen LogP contribution in [0.25, 0.3) is 0 Å². The van der Waals surface area contributed by atoms with Crippen LogP contribution in [-0.2, 0) is 6.54 Å². The van der Waals surface area contributed by atoms with Crippen molar-refractivity contribution in [2.24, 2.45) is 0 Å². The first-order valence-electron chi connectivity index (χ1n) is 5.82. The monoisotopic (exact) mass is 318 g/mol. The number of halogens is 2. The Labute approximate surface area is 116 Å². The molecule has 5 heteroatoms. The number of likely N-dealkylation sites (N-methyl/N-ethyl adjacent to an activating group) is 1. The maximum absolute atomic E-state index is 13.5. The van der Waals surface area contributed by atoms with Gasteiger partial charge in [-0.3, -0.25) is 0 Å². The third-order valence-electron chi connectivity index (χ3n) is 2.49. The molecule has 0 bridgehead atoms. The lowest BCUT2D eigenvalue weighted by Gasteiger charge is -2.27. The molecule has 18 heavy (non-hydrogen) atoms. The van der Waals surface area contributed by atoms with Crippen molar-refractivity contribution in [1.29, 1.82) is 0 Å². The molecular weight excluding hydrogens is 299 g/mol. The van der Waals surface area contributed by atoms with E-state index in [9.17, 15) is 9.50 Å². The Morgan fingerprint density at radius 1 is 1.44 bits per heavy atom. The van der Waals surface area contributed by atoms with Gasteiger partial charge in [-0.1, -0.05) is 22.0 Å². The summed E-state index contributed by atoms with van der Waals surface area (Å²) in [5, 5.41) is 13.1. The smallest absolute Gasteiger partial charge is 0.128 e. The van der Waals surface area contributed by atoms with E-state index in [2.05, 4.69) is 21.2 Å². The van der Waals surface area contributed by atoms with Gasteiger partial charge in [0.05, 0.1) is 5.60 Å². The zero-order valence-corrected chi connectivity index (χ0v) is 12.6. The van der Waals surface area contributed by atoms with Gasteiger partial charge in [-0.05, 0) is 33.2 Å². The molecular formula is C13H20BrFN2O. The molecule has 0 aliphatic rings. The van der Waals surface area contributed by atoms with Crippen LogP contribution in [0.2, 0.25) is 0 Å². The maximum atomic E-state index is 13.5. The van der Waals surface area contributed by atoms with Gasteiger partial charge in [0.1, 0.15) is 5.82 Å². The van der Waals surface area contributed by atoms with Crippen LogP contribution < -0.4 is 5.32 Å². The summed E-state index contributed by atoms with van der Waals surface area (Å²) in [4.78, 5) is 1.92. The van der Waals surface area contributed by atoms with E-state index in [1.165, 1.54) is 6.07 Å². The number of nitrogens with zero attached hydrogens (tertiary/aromatic N) is 1. The molecule has 1 aromatic rings. The standard InChI is InChI=1S/C13H20BrFN2O/c1-13(18,9-17(2)3)8-16-7-10-4-5-11(14)6-12(10)15/h4-6,16,18H,7-9H2,1-3H3. The Morgan fingerprint density at radius 2 is 2.11 bits per heavy atom. The highest BCUT2D eigenvalue weighted by Gasteiger charge is 2.20. The van der Waals surface area contributed by atoms with Gasteiger partial charge in [-0.2, -0.15) is 0 Å². The van der Waals surface area contributed by atoms with E-state index < -0.39 is 5.60 Å². The first kappa shape index (κ1) is 15.6. The second-order valence-corrected chi connectivity index (χ2v) is 5.99. The van der Waals surface area contributed by atoms with E-state index in [0.717, 1.165) is 4.47 Å². The average molecular weight is 319 g/mol. The molecule has 0 heterocycles. The molecule has 0 aliphatic carbocycles. The number of nitrogens with one attached hydrogen (secondary N) is 1. The number of aliphatic hydroxyl groups is 1. The average Bonchev–Trinajstić information content (AvgIpc) is 2.19. The normalized spacial score (nSPS) is 14.8. The fraction of sp³-hybridized carbons (Fsp3) is 0.538. The second-order valence-electron chi connectivity index (χ2n) is 5.07. The van der Waals surface area contributed by atoms with Crippen LogP contribution in [0, 0.1) is 5.82 Å². The Balaban J connectivity index is 2.46. The maximum Gasteiger partial charge on any atom is 0.128 e. The number of benzene rings is 1. The largest absolute Gasteiger partial charge is 0.388 e. The van der Waals surface area contributed by atoms with E-state index in [-0.39, 0.29) is 5.82 Å². The van der Waals surface area contributed by atoms with Gasteiger partial charge in [0.25, 0.3) is 0 Å². The van der Waals surface area contributed by atoms with Crippen LogP contribution in [-0.4, -0.2) is 42.8 Å². The molecule has 2 N–H and O–H groups in total. The summed E-state index contributed by atoms with van der Waals surface area (Å²) >= 11 is 3.22. The Kier molecular flexibility index (Phi) is 5.72. The van der Waals surface area contributed by atoms with Crippen molar-refractivity contribution in [3.8, 4) is 0 Å². The molecule has 3 nitrogen and oxygen atoms in total. The Morgan fingerprint density at radius 3 is 2.67 bits per heavy atom. The van der Waals surface area contributed by atoms with Crippen LogP contribution in [0.4, 0.5) is 4.39 Å². The topological polar surface area (TPSA) is 35.5 Å². The Hall–Kier alpha value is -0.490. The fourth-order valence-corrected chi connectivity index (χ4v) is 2.20. The van der Waals surface area contributed by atoms with Gasteiger partial charge in [0.15, 0.2) is 0 Å². The highest BCUT2D eigenvalue weighted by Crippen LogP contribution is 2.15. The third kappa shape index (κ3) is 5.44. The molecule has 1 rings (SSSR count). The summed E-state index contributed by atoms with van der Waals surface area (Å²) in [6.07, 6.45) is 0. The molecule has 0 radical (unpaired) electrons. The molecule has 1 atom stereocenters. The summed E-state index contributed by atoms with van der Waals surface area (Å²) in [5.74, 6) is -0.246. The van der Waals surface area contributed by atoms with Gasteiger partial charge in [0.2, 0.25) is 0 Å². The fourth-order valence-electron chi connectivity index (χ4n) is 1.87. The van der Waals surface area contributed by atoms with Crippen molar-refractivity contribution in [3.63, 3.8) is 0 Å². The zero-order chi connectivity index (χ0) is 13.8. The van der Waals surface area contributed by atoms with E-state index in [1.807, 2.05) is 19.0 Å². The summed E-state index contributed by atoms with van der Waals surface area (Å²) < 4.78 is 14.3. The van der Waals surface area contributed by atoms with Gasteiger partial charge < -0.3 is 15.3 Å². The van der Waals surface area contributed by atoms with Gasteiger partial charge >= 0.3 is 0 Å². The molecule has 102 valence electrons. The third-order valence-corrected chi connectivity index (χ3v) is 2.99. The van der Waals surface area contributed by atoms with Crippen molar-refractivity contribution in [1.82, 2.24) is 10.2 Å². The minimum Gasteiger partial charge on any atom is -0.388 e. The van der Waals surface area contributed by atoms with Crippen molar-refractivity contribution in [2.45, 2.75) is 19.1 Å². The van der Waals surface area contributed by atoms with E-state index in [1.54, 1.807) is 19.1 Å². The van der Waals surface area contributed by atoms with E-state index in [4.69, 9.17) is 0 Å². The number of hydrogen-bond donors (Lipinski definition) is 2. The molecule has 0 fully saturated rings. The molecule has 0 spiro atoms. The van der Waals surface area contributed by atoms with Gasteiger partial charge in [-0.25, -0.2) is 4.39 Å². The molecule has 1 aromatic carbocycles. The van der Waals surface area contributed by atoms with Crippen LogP contribution in [0.15, 0.2) is 22.7 Å². The summed E-state index contributed by atoms with van der Waals surface area (Å²) in [7, 11) is 3.81. The lowest BCUT2D eigenvalue weighted by molar-refractivity contribution is 0.0335. The summed E-state index contributed by atoms with van der Waals surface area (Å²) in [6.45, 7) is 3.14. The molecule has 0 amide bonds. The SMILES string of the molecule is CN(C)CC(C)(O)CNCc1ccc(Br)cc1F. The summed E-state index contributed by atoms with van der Waals surface area (Å²) in [5.41, 5.74) is -0.228. The Bertz CT molecular complexity index is 397. The lowest BCUT2D eigenvalue weighted by Crippen LogP contribution is -2.45. The van der Waals surface area contributed by atoms with Crippen molar-refractivity contribution in [3.05, 3.63) is 34.1 Å². The molecule has 1 unspecified atom stereocenters. The first-order valence-corrected chi connectivity index (χ1v) is 6.61. The van der Waals surface area contributed by atoms with E-state index >= 15 is 0 Å². The first-order chi connectivity index (χ1) is 8.30. The minimum atomic E-state index is -0.824. The van der Waals surface area contributed by atoms with E-state index in [0.29, 0.717) is 25.2 Å². The van der Waals surface area contributed by atoms with Crippen LogP contribution in [0.1, 0.15) is 12.5 Å². The van der Waals surface area contributed by atoms with Crippen LogP contribution >= 0.6 is 15.9 Å².